The van der Waals surface area contributed by atoms with E-state index in [0.717, 1.165) is 16.9 Å². The van der Waals surface area contributed by atoms with Crippen LogP contribution >= 0.6 is 0 Å². The second kappa shape index (κ2) is 8.25. The van der Waals surface area contributed by atoms with Crippen molar-refractivity contribution in [3.8, 4) is 5.75 Å². The molecule has 1 fully saturated rings. The van der Waals surface area contributed by atoms with Crippen molar-refractivity contribution < 1.29 is 19.1 Å². The molecule has 2 aromatic rings. The van der Waals surface area contributed by atoms with Crippen molar-refractivity contribution in [1.29, 1.82) is 0 Å². The van der Waals surface area contributed by atoms with Crippen LogP contribution < -0.4 is 4.74 Å². The molecule has 2 aromatic carbocycles. The molecule has 142 valence electrons. The van der Waals surface area contributed by atoms with E-state index in [-0.39, 0.29) is 36.8 Å². The Bertz CT molecular complexity index is 786. The van der Waals surface area contributed by atoms with Crippen molar-refractivity contribution in [2.24, 2.45) is 5.92 Å². The molecule has 0 saturated carbocycles. The number of carbonyl (C=O) groups excluding carboxylic acids is 2. The van der Waals surface area contributed by atoms with Crippen molar-refractivity contribution in [2.75, 3.05) is 13.7 Å². The van der Waals surface area contributed by atoms with Gasteiger partial charge < -0.3 is 9.47 Å². The molecule has 1 heterocycles. The van der Waals surface area contributed by atoms with E-state index >= 15 is 0 Å². The van der Waals surface area contributed by atoms with Gasteiger partial charge in [0.05, 0.1) is 7.11 Å². The summed E-state index contributed by atoms with van der Waals surface area (Å²) in [6.07, 6.45) is -0.311. The Morgan fingerprint density at radius 2 is 1.81 bits per heavy atom. The summed E-state index contributed by atoms with van der Waals surface area (Å²) in [5, 5.41) is 0. The molecule has 0 N–H and O–H groups in total. The summed E-state index contributed by atoms with van der Waals surface area (Å²) in [5.74, 6) is 0.824. The Balaban J connectivity index is 1.80. The normalized spacial score (nSPS) is 17.7. The van der Waals surface area contributed by atoms with Crippen LogP contribution in [0.5, 0.6) is 5.75 Å². The van der Waals surface area contributed by atoms with Crippen molar-refractivity contribution in [3.63, 3.8) is 0 Å². The number of ether oxygens (including phenoxy) is 2. The minimum Gasteiger partial charge on any atom is -0.497 e. The van der Waals surface area contributed by atoms with Gasteiger partial charge in [0.1, 0.15) is 18.4 Å². The lowest BCUT2D eigenvalue weighted by atomic mass is 9.85. The molecule has 1 saturated heterocycles. The molecule has 5 nitrogen and oxygen atoms in total. The Hall–Kier alpha value is -2.82. The van der Waals surface area contributed by atoms with Gasteiger partial charge in [0.15, 0.2) is 0 Å². The van der Waals surface area contributed by atoms with E-state index in [0.29, 0.717) is 0 Å². The lowest BCUT2D eigenvalue weighted by Crippen LogP contribution is -2.35. The Morgan fingerprint density at radius 1 is 1.15 bits per heavy atom. The fraction of sp³-hybridized carbons (Fsp3) is 0.364. The van der Waals surface area contributed by atoms with Gasteiger partial charge in [-0.3, -0.25) is 4.79 Å². The van der Waals surface area contributed by atoms with Crippen molar-refractivity contribution in [2.45, 2.75) is 32.2 Å². The van der Waals surface area contributed by atoms with E-state index in [1.54, 1.807) is 7.11 Å². The van der Waals surface area contributed by atoms with Crippen LogP contribution in [-0.2, 0) is 9.53 Å². The van der Waals surface area contributed by atoms with Crippen LogP contribution in [0.4, 0.5) is 4.79 Å². The first-order valence-corrected chi connectivity index (χ1v) is 9.19. The number of nitrogens with zero attached hydrogens (tertiary/aromatic N) is 1. The minimum atomic E-state index is -0.564. The second-order valence-electron chi connectivity index (χ2n) is 7.09. The first-order chi connectivity index (χ1) is 13.0. The third-order valence-electron chi connectivity index (χ3n) is 5.07. The summed E-state index contributed by atoms with van der Waals surface area (Å²) in [6.45, 7) is 4.36. The van der Waals surface area contributed by atoms with Crippen LogP contribution in [-0.4, -0.2) is 30.6 Å². The van der Waals surface area contributed by atoms with Crippen LogP contribution in [0.2, 0.25) is 0 Å². The molecule has 0 aliphatic carbocycles. The van der Waals surface area contributed by atoms with E-state index < -0.39 is 6.09 Å². The average Bonchev–Trinajstić information content (AvgIpc) is 3.08. The molecule has 2 atom stereocenters. The Labute approximate surface area is 159 Å². The highest BCUT2D eigenvalue weighted by molar-refractivity contribution is 5.94. The monoisotopic (exact) mass is 367 g/mol. The molecule has 0 bridgehead atoms. The summed E-state index contributed by atoms with van der Waals surface area (Å²) in [6, 6.07) is 16.9. The van der Waals surface area contributed by atoms with Crippen molar-refractivity contribution >= 4 is 12.0 Å². The summed E-state index contributed by atoms with van der Waals surface area (Å²) >= 11 is 0. The molecule has 3 rings (SSSR count). The van der Waals surface area contributed by atoms with Crippen LogP contribution in [0.25, 0.3) is 0 Å². The molecular formula is C22H25NO4. The lowest BCUT2D eigenvalue weighted by molar-refractivity contribution is -0.129. The van der Waals surface area contributed by atoms with Gasteiger partial charge in [0, 0.05) is 6.42 Å². The number of imide groups is 1. The predicted octanol–water partition coefficient (Wildman–Crippen LogP) is 4.55. The first-order valence-electron chi connectivity index (χ1n) is 9.19. The minimum absolute atomic E-state index is 0.00762. The Morgan fingerprint density at radius 3 is 2.41 bits per heavy atom. The number of methoxy groups -OCH3 is 1. The SMILES string of the molecule is COc1ccc([C@@H](CC(=O)N2C(=O)OC[C@@H]2c2ccccc2)C(C)C)cc1. The summed E-state index contributed by atoms with van der Waals surface area (Å²) in [7, 11) is 1.63. The first kappa shape index (κ1) is 19.0. The van der Waals surface area contributed by atoms with Crippen molar-refractivity contribution in [1.82, 2.24) is 4.90 Å². The number of carbonyl (C=O) groups is 2. The van der Waals surface area contributed by atoms with E-state index in [4.69, 9.17) is 9.47 Å². The van der Waals surface area contributed by atoms with Gasteiger partial charge in [-0.25, -0.2) is 9.69 Å². The number of hydrogen-bond acceptors (Lipinski definition) is 4. The number of rotatable bonds is 6. The maximum absolute atomic E-state index is 13.1. The molecule has 1 aliphatic rings. The zero-order valence-corrected chi connectivity index (χ0v) is 15.9. The van der Waals surface area contributed by atoms with Crippen LogP contribution in [0.1, 0.15) is 43.4 Å². The van der Waals surface area contributed by atoms with E-state index in [1.165, 1.54) is 4.90 Å². The van der Waals surface area contributed by atoms with Gasteiger partial charge >= 0.3 is 6.09 Å². The summed E-state index contributed by atoms with van der Waals surface area (Å²) in [4.78, 5) is 26.6. The van der Waals surface area contributed by atoms with Gasteiger partial charge in [-0.15, -0.1) is 0 Å². The van der Waals surface area contributed by atoms with Crippen LogP contribution in [0.15, 0.2) is 54.6 Å². The molecule has 0 radical (unpaired) electrons. The maximum atomic E-state index is 13.1. The molecule has 0 spiro atoms. The van der Waals surface area contributed by atoms with Gasteiger partial charge in [-0.05, 0) is 35.1 Å². The number of hydrogen-bond donors (Lipinski definition) is 0. The van der Waals surface area contributed by atoms with Crippen LogP contribution in [0.3, 0.4) is 0 Å². The zero-order chi connectivity index (χ0) is 19.4. The third kappa shape index (κ3) is 4.13. The third-order valence-corrected chi connectivity index (χ3v) is 5.07. The molecule has 27 heavy (non-hydrogen) atoms. The molecule has 5 heteroatoms. The zero-order valence-electron chi connectivity index (χ0n) is 15.9. The largest absolute Gasteiger partial charge is 0.497 e. The highest BCUT2D eigenvalue weighted by Gasteiger charge is 2.39. The number of benzene rings is 2. The average molecular weight is 367 g/mol. The van der Waals surface area contributed by atoms with E-state index in [2.05, 4.69) is 13.8 Å². The predicted molar refractivity (Wildman–Crippen MR) is 103 cm³/mol. The van der Waals surface area contributed by atoms with Gasteiger partial charge in [-0.1, -0.05) is 56.3 Å². The van der Waals surface area contributed by atoms with E-state index in [9.17, 15) is 9.59 Å². The summed E-state index contributed by atoms with van der Waals surface area (Å²) in [5.41, 5.74) is 1.96. The topological polar surface area (TPSA) is 55.8 Å². The van der Waals surface area contributed by atoms with Gasteiger partial charge in [0.25, 0.3) is 0 Å². The second-order valence-corrected chi connectivity index (χ2v) is 7.09. The molecule has 2 amide bonds. The number of cyclic esters (lactones) is 1. The molecule has 0 unspecified atom stereocenters. The fourth-order valence-corrected chi connectivity index (χ4v) is 3.49. The Kier molecular flexibility index (Phi) is 5.79. The lowest BCUT2D eigenvalue weighted by Gasteiger charge is -2.25. The van der Waals surface area contributed by atoms with Gasteiger partial charge in [0.2, 0.25) is 5.91 Å². The highest BCUT2D eigenvalue weighted by atomic mass is 16.6. The smallest absolute Gasteiger partial charge is 0.417 e. The molecule has 0 aromatic heterocycles. The van der Waals surface area contributed by atoms with Gasteiger partial charge in [-0.2, -0.15) is 0 Å². The van der Waals surface area contributed by atoms with E-state index in [1.807, 2.05) is 54.6 Å². The standard InChI is InChI=1S/C22H25NO4/c1-15(2)19(16-9-11-18(26-3)12-10-16)13-21(24)23-20(14-27-22(23)25)17-7-5-4-6-8-17/h4-12,15,19-20H,13-14H2,1-3H3/t19-,20+/m0/s1. The van der Waals surface area contributed by atoms with Crippen LogP contribution in [0, 0.1) is 5.92 Å². The molecular weight excluding hydrogens is 342 g/mol. The highest BCUT2D eigenvalue weighted by Crippen LogP contribution is 2.33. The maximum Gasteiger partial charge on any atom is 0.417 e. The quantitative estimate of drug-likeness (QED) is 0.752. The molecule has 1 aliphatic heterocycles. The fourth-order valence-electron chi connectivity index (χ4n) is 3.49. The van der Waals surface area contributed by atoms with Crippen molar-refractivity contribution in [3.05, 3.63) is 65.7 Å². The summed E-state index contributed by atoms with van der Waals surface area (Å²) < 4.78 is 10.4. The number of amides is 2.